The highest BCUT2D eigenvalue weighted by molar-refractivity contribution is 5.97. The van der Waals surface area contributed by atoms with Gasteiger partial charge < -0.3 is 9.67 Å². The average Bonchev–Trinajstić information content (AvgIpc) is 2.97. The van der Waals surface area contributed by atoms with Crippen molar-refractivity contribution in [3.63, 3.8) is 0 Å². The molecule has 2 aromatic carbocycles. The molecule has 1 N–H and O–H groups in total. The van der Waals surface area contributed by atoms with Gasteiger partial charge in [0.25, 0.3) is 5.56 Å². The third-order valence-electron chi connectivity index (χ3n) is 5.03. The molecule has 2 heterocycles. The fraction of sp³-hybridized carbons (Fsp3) is 0.136. The lowest BCUT2D eigenvalue weighted by atomic mass is 10.1. The second-order valence-corrected chi connectivity index (χ2v) is 7.05. The van der Waals surface area contributed by atoms with Gasteiger partial charge in [-0.05, 0) is 49.4 Å². The number of nitrogens with zero attached hydrogens (tertiary/aromatic N) is 3. The van der Waals surface area contributed by atoms with Crippen molar-refractivity contribution >= 4 is 16.9 Å². The van der Waals surface area contributed by atoms with E-state index in [-0.39, 0.29) is 24.3 Å². The van der Waals surface area contributed by atoms with Crippen molar-refractivity contribution in [2.75, 3.05) is 0 Å². The number of rotatable bonds is 5. The zero-order valence-corrected chi connectivity index (χ0v) is 16.3. The molecule has 31 heavy (non-hydrogen) atoms. The molecule has 9 heteroatoms. The minimum Gasteiger partial charge on any atom is -0.480 e. The van der Waals surface area contributed by atoms with E-state index in [9.17, 15) is 27.9 Å². The van der Waals surface area contributed by atoms with Crippen LogP contribution in [0.3, 0.4) is 0 Å². The molecule has 0 aliphatic carbocycles. The summed E-state index contributed by atoms with van der Waals surface area (Å²) in [5, 5.41) is 14.0. The molecular weight excluding hydrogens is 411 g/mol. The Morgan fingerprint density at radius 1 is 1.03 bits per heavy atom. The molecule has 2 aromatic heterocycles. The second-order valence-electron chi connectivity index (χ2n) is 7.05. The van der Waals surface area contributed by atoms with E-state index in [1.54, 1.807) is 6.92 Å². The molecular formula is C22H16F3N3O3. The van der Waals surface area contributed by atoms with Crippen LogP contribution in [0.15, 0.2) is 53.3 Å². The van der Waals surface area contributed by atoms with Crippen molar-refractivity contribution in [1.29, 1.82) is 0 Å². The monoisotopic (exact) mass is 427 g/mol. The van der Waals surface area contributed by atoms with Crippen molar-refractivity contribution in [1.82, 2.24) is 14.3 Å². The molecule has 0 fully saturated rings. The van der Waals surface area contributed by atoms with Crippen molar-refractivity contribution < 1.29 is 23.1 Å². The van der Waals surface area contributed by atoms with Crippen LogP contribution in [0.2, 0.25) is 0 Å². The van der Waals surface area contributed by atoms with E-state index in [0.717, 1.165) is 22.9 Å². The maximum atomic E-state index is 14.0. The van der Waals surface area contributed by atoms with Crippen molar-refractivity contribution in [2.24, 2.45) is 0 Å². The Labute approximate surface area is 173 Å². The lowest BCUT2D eigenvalue weighted by Crippen LogP contribution is -2.23. The smallest absolute Gasteiger partial charge is 0.323 e. The molecule has 0 atom stereocenters. The van der Waals surface area contributed by atoms with Gasteiger partial charge >= 0.3 is 5.97 Å². The van der Waals surface area contributed by atoms with Gasteiger partial charge in [-0.2, -0.15) is 5.10 Å². The summed E-state index contributed by atoms with van der Waals surface area (Å²) in [6.45, 7) is 1.01. The fourth-order valence-corrected chi connectivity index (χ4v) is 3.64. The highest BCUT2D eigenvalue weighted by Gasteiger charge is 2.20. The third-order valence-corrected chi connectivity index (χ3v) is 5.03. The summed E-state index contributed by atoms with van der Waals surface area (Å²) in [6, 6.07) is 9.53. The van der Waals surface area contributed by atoms with Crippen molar-refractivity contribution in [2.45, 2.75) is 20.0 Å². The molecule has 0 aliphatic rings. The molecule has 0 saturated heterocycles. The Morgan fingerprint density at radius 2 is 1.74 bits per heavy atom. The van der Waals surface area contributed by atoms with Crippen LogP contribution in [-0.4, -0.2) is 25.4 Å². The Morgan fingerprint density at radius 3 is 2.48 bits per heavy atom. The molecule has 0 unspecified atom stereocenters. The zero-order valence-electron chi connectivity index (χ0n) is 16.3. The van der Waals surface area contributed by atoms with E-state index >= 15 is 0 Å². The van der Waals surface area contributed by atoms with E-state index < -0.39 is 29.0 Å². The Kier molecular flexibility index (Phi) is 5.10. The van der Waals surface area contributed by atoms with Crippen LogP contribution in [0.5, 0.6) is 0 Å². The third kappa shape index (κ3) is 3.81. The molecule has 0 radical (unpaired) electrons. The summed E-state index contributed by atoms with van der Waals surface area (Å²) in [6.07, 6.45) is 0. The number of carboxylic acids is 1. The minimum atomic E-state index is -1.07. The van der Waals surface area contributed by atoms with E-state index in [1.165, 1.54) is 34.9 Å². The number of fused-ring (bicyclic) bond motifs is 1. The molecule has 158 valence electrons. The standard InChI is InChI=1S/C22H16F3N3O3/c1-12-22(16-9-15(24)3-6-19(16)27(12)11-21(30)31)18-5-7-20(29)28(26-18)10-13-8-14(23)2-4-17(13)25/h2-9H,10-11H2,1H3,(H,30,31). The van der Waals surface area contributed by atoms with Gasteiger partial charge in [0.15, 0.2) is 0 Å². The predicted octanol–water partition coefficient (Wildman–Crippen LogP) is 3.72. The maximum absolute atomic E-state index is 14.0. The second kappa shape index (κ2) is 7.75. The average molecular weight is 427 g/mol. The van der Waals surface area contributed by atoms with Crippen LogP contribution < -0.4 is 5.56 Å². The number of carboxylic acid groups (broad SMARTS) is 1. The summed E-state index contributed by atoms with van der Waals surface area (Å²) in [4.78, 5) is 23.6. The Hall–Kier alpha value is -3.88. The van der Waals surface area contributed by atoms with E-state index in [0.29, 0.717) is 22.2 Å². The van der Waals surface area contributed by atoms with Gasteiger partial charge in [0.1, 0.15) is 24.0 Å². The van der Waals surface area contributed by atoms with Crippen molar-refractivity contribution in [3.05, 3.63) is 87.6 Å². The zero-order chi connectivity index (χ0) is 22.3. The van der Waals surface area contributed by atoms with Crippen LogP contribution in [0, 0.1) is 24.4 Å². The van der Waals surface area contributed by atoms with E-state index in [4.69, 9.17) is 0 Å². The number of halogens is 3. The van der Waals surface area contributed by atoms with Gasteiger partial charge in [0.05, 0.1) is 12.2 Å². The summed E-state index contributed by atoms with van der Waals surface area (Å²) in [7, 11) is 0. The largest absolute Gasteiger partial charge is 0.480 e. The number of hydrogen-bond donors (Lipinski definition) is 1. The quantitative estimate of drug-likeness (QED) is 0.527. The summed E-state index contributed by atoms with van der Waals surface area (Å²) >= 11 is 0. The summed E-state index contributed by atoms with van der Waals surface area (Å²) < 4.78 is 44.0. The molecule has 4 aromatic rings. The first-order chi connectivity index (χ1) is 14.7. The maximum Gasteiger partial charge on any atom is 0.323 e. The van der Waals surface area contributed by atoms with Gasteiger partial charge in [-0.3, -0.25) is 9.59 Å². The molecule has 0 bridgehead atoms. The number of aliphatic carboxylic acids is 1. The summed E-state index contributed by atoms with van der Waals surface area (Å²) in [5.41, 5.74) is 1.14. The van der Waals surface area contributed by atoms with Crippen molar-refractivity contribution in [3.8, 4) is 11.3 Å². The van der Waals surface area contributed by atoms with Gasteiger partial charge in [-0.25, -0.2) is 17.9 Å². The first-order valence-corrected chi connectivity index (χ1v) is 9.27. The van der Waals surface area contributed by atoms with E-state index in [1.807, 2.05) is 0 Å². The fourth-order valence-electron chi connectivity index (χ4n) is 3.64. The topological polar surface area (TPSA) is 77.1 Å². The molecule has 6 nitrogen and oxygen atoms in total. The molecule has 0 spiro atoms. The first kappa shape index (κ1) is 20.4. The highest BCUT2D eigenvalue weighted by Crippen LogP contribution is 2.33. The van der Waals surface area contributed by atoms with Gasteiger partial charge in [0, 0.05) is 33.8 Å². The molecule has 0 amide bonds. The molecule has 0 aliphatic heterocycles. The number of hydrogen-bond acceptors (Lipinski definition) is 3. The predicted molar refractivity (Wildman–Crippen MR) is 107 cm³/mol. The normalized spacial score (nSPS) is 11.2. The van der Waals surface area contributed by atoms with Crippen LogP contribution in [-0.2, 0) is 17.9 Å². The van der Waals surface area contributed by atoms with Crippen LogP contribution in [0.1, 0.15) is 11.3 Å². The number of benzene rings is 2. The molecule has 4 rings (SSSR count). The molecule has 0 saturated carbocycles. The highest BCUT2D eigenvalue weighted by atomic mass is 19.1. The van der Waals surface area contributed by atoms with Gasteiger partial charge in [0.2, 0.25) is 0 Å². The SMILES string of the molecule is Cc1c(-c2ccc(=O)n(Cc3cc(F)ccc3F)n2)c2cc(F)ccc2n1CC(=O)O. The van der Waals surface area contributed by atoms with Crippen LogP contribution in [0.4, 0.5) is 13.2 Å². The van der Waals surface area contributed by atoms with Crippen LogP contribution in [0.25, 0.3) is 22.2 Å². The Balaban J connectivity index is 1.89. The van der Waals surface area contributed by atoms with E-state index in [2.05, 4.69) is 5.10 Å². The summed E-state index contributed by atoms with van der Waals surface area (Å²) in [5.74, 6) is -2.92. The number of carbonyl (C=O) groups is 1. The van der Waals surface area contributed by atoms with Gasteiger partial charge in [-0.1, -0.05) is 0 Å². The lowest BCUT2D eigenvalue weighted by Gasteiger charge is -2.09. The first-order valence-electron chi connectivity index (χ1n) is 9.27. The minimum absolute atomic E-state index is 0.0529. The van der Waals surface area contributed by atoms with Crippen LogP contribution >= 0.6 is 0 Å². The Bertz CT molecular complexity index is 1390. The lowest BCUT2D eigenvalue weighted by molar-refractivity contribution is -0.137. The number of aromatic nitrogens is 3. The van der Waals surface area contributed by atoms with Gasteiger partial charge in [-0.15, -0.1) is 0 Å².